The van der Waals surface area contributed by atoms with Crippen LogP contribution in [0.5, 0.6) is 0 Å². The van der Waals surface area contributed by atoms with E-state index in [2.05, 4.69) is 62.5 Å². The molecular formula is C15H16BrN3S. The number of aryl methyl sites for hydroxylation is 1. The number of aromatic nitrogens is 2. The summed E-state index contributed by atoms with van der Waals surface area (Å²) in [6.45, 7) is 0. The van der Waals surface area contributed by atoms with E-state index in [0.717, 1.165) is 21.5 Å². The number of rotatable bonds is 4. The van der Waals surface area contributed by atoms with Crippen LogP contribution in [-0.2, 0) is 13.5 Å². The summed E-state index contributed by atoms with van der Waals surface area (Å²) in [5.41, 5.74) is 3.55. The Kier molecular flexibility index (Phi) is 3.92. The molecule has 1 aromatic carbocycles. The van der Waals surface area contributed by atoms with Gasteiger partial charge in [0.2, 0.25) is 0 Å². The predicted octanol–water partition coefficient (Wildman–Crippen LogP) is 3.90. The van der Waals surface area contributed by atoms with Crippen molar-refractivity contribution in [2.75, 3.05) is 7.05 Å². The minimum Gasteiger partial charge on any atom is -0.331 e. The standard InChI is InChI=1S/C15H16BrN3S/c1-17-12(10-7-14(16)20-9-10)8-15-18-11-5-3-4-6-13(11)19(15)2/h3-7,9,12,17H,8H2,1-2H3. The lowest BCUT2D eigenvalue weighted by Crippen LogP contribution is -2.19. The van der Waals surface area contributed by atoms with Gasteiger partial charge in [-0.15, -0.1) is 11.3 Å². The summed E-state index contributed by atoms with van der Waals surface area (Å²) in [7, 11) is 4.08. The Labute approximate surface area is 130 Å². The van der Waals surface area contributed by atoms with Crippen molar-refractivity contribution >= 4 is 38.3 Å². The van der Waals surface area contributed by atoms with Gasteiger partial charge in [0.1, 0.15) is 5.82 Å². The fourth-order valence-electron chi connectivity index (χ4n) is 2.45. The highest BCUT2D eigenvalue weighted by Gasteiger charge is 2.16. The lowest BCUT2D eigenvalue weighted by atomic mass is 10.1. The average molecular weight is 350 g/mol. The number of para-hydroxylation sites is 2. The van der Waals surface area contributed by atoms with Crippen LogP contribution in [0, 0.1) is 0 Å². The second-order valence-corrected chi connectivity index (χ2v) is 7.10. The molecule has 0 aliphatic rings. The maximum Gasteiger partial charge on any atom is 0.111 e. The number of halogens is 1. The molecule has 0 bridgehead atoms. The number of hydrogen-bond acceptors (Lipinski definition) is 3. The minimum atomic E-state index is 0.285. The topological polar surface area (TPSA) is 29.9 Å². The fourth-order valence-corrected chi connectivity index (χ4v) is 3.68. The highest BCUT2D eigenvalue weighted by Crippen LogP contribution is 2.27. The van der Waals surface area contributed by atoms with Gasteiger partial charge in [-0.2, -0.15) is 0 Å². The van der Waals surface area contributed by atoms with Crippen LogP contribution in [0.25, 0.3) is 11.0 Å². The van der Waals surface area contributed by atoms with Crippen molar-refractivity contribution in [2.45, 2.75) is 12.5 Å². The zero-order valence-electron chi connectivity index (χ0n) is 11.4. The van der Waals surface area contributed by atoms with E-state index in [9.17, 15) is 0 Å². The highest BCUT2D eigenvalue weighted by molar-refractivity contribution is 9.11. The molecule has 0 saturated heterocycles. The molecule has 1 N–H and O–H groups in total. The second-order valence-electron chi connectivity index (χ2n) is 4.81. The molecule has 20 heavy (non-hydrogen) atoms. The number of benzene rings is 1. The van der Waals surface area contributed by atoms with Crippen molar-refractivity contribution in [1.82, 2.24) is 14.9 Å². The van der Waals surface area contributed by atoms with Gasteiger partial charge in [-0.3, -0.25) is 0 Å². The molecule has 0 saturated carbocycles. The van der Waals surface area contributed by atoms with Crippen molar-refractivity contribution in [3.63, 3.8) is 0 Å². The lowest BCUT2D eigenvalue weighted by Gasteiger charge is -2.14. The molecule has 0 aliphatic carbocycles. The quantitative estimate of drug-likeness (QED) is 0.773. The zero-order valence-corrected chi connectivity index (χ0v) is 13.8. The van der Waals surface area contributed by atoms with Crippen LogP contribution < -0.4 is 5.32 Å². The third-order valence-corrected chi connectivity index (χ3v) is 5.13. The van der Waals surface area contributed by atoms with E-state index in [-0.39, 0.29) is 6.04 Å². The molecule has 3 rings (SSSR count). The van der Waals surface area contributed by atoms with E-state index in [0.29, 0.717) is 0 Å². The average Bonchev–Trinajstić information content (AvgIpc) is 3.01. The number of thiophene rings is 1. The Hall–Kier alpha value is -1.17. The third kappa shape index (κ3) is 2.53. The second kappa shape index (κ2) is 5.68. The molecule has 0 fully saturated rings. The molecule has 3 nitrogen and oxygen atoms in total. The number of fused-ring (bicyclic) bond motifs is 1. The molecule has 0 aliphatic heterocycles. The van der Waals surface area contributed by atoms with Crippen molar-refractivity contribution in [3.05, 3.63) is 50.9 Å². The van der Waals surface area contributed by atoms with Gasteiger partial charge in [0, 0.05) is 19.5 Å². The summed E-state index contributed by atoms with van der Waals surface area (Å²) in [5.74, 6) is 1.10. The monoisotopic (exact) mass is 349 g/mol. The van der Waals surface area contributed by atoms with Gasteiger partial charge >= 0.3 is 0 Å². The van der Waals surface area contributed by atoms with Gasteiger partial charge in [0.15, 0.2) is 0 Å². The van der Waals surface area contributed by atoms with Crippen molar-refractivity contribution in [3.8, 4) is 0 Å². The van der Waals surface area contributed by atoms with Gasteiger partial charge in [-0.25, -0.2) is 4.98 Å². The van der Waals surface area contributed by atoms with Crippen LogP contribution in [0.2, 0.25) is 0 Å². The number of nitrogens with zero attached hydrogens (tertiary/aromatic N) is 2. The van der Waals surface area contributed by atoms with E-state index in [4.69, 9.17) is 4.98 Å². The molecule has 2 heterocycles. The minimum absolute atomic E-state index is 0.285. The first kappa shape index (κ1) is 13.8. The summed E-state index contributed by atoms with van der Waals surface area (Å²) in [5, 5.41) is 5.57. The van der Waals surface area contributed by atoms with Crippen molar-refractivity contribution in [1.29, 1.82) is 0 Å². The van der Waals surface area contributed by atoms with Crippen LogP contribution in [-0.4, -0.2) is 16.6 Å². The normalized spacial score (nSPS) is 12.9. The van der Waals surface area contributed by atoms with Crippen LogP contribution in [0.4, 0.5) is 0 Å². The maximum absolute atomic E-state index is 4.75. The molecule has 0 spiro atoms. The molecule has 0 amide bonds. The third-order valence-electron chi connectivity index (χ3n) is 3.61. The molecule has 1 atom stereocenters. The van der Waals surface area contributed by atoms with Crippen LogP contribution in [0.3, 0.4) is 0 Å². The van der Waals surface area contributed by atoms with Gasteiger partial charge < -0.3 is 9.88 Å². The number of nitrogens with one attached hydrogen (secondary N) is 1. The summed E-state index contributed by atoms with van der Waals surface area (Å²) >= 11 is 5.24. The molecule has 104 valence electrons. The maximum atomic E-state index is 4.75. The van der Waals surface area contributed by atoms with Crippen LogP contribution >= 0.6 is 27.3 Å². The van der Waals surface area contributed by atoms with Crippen molar-refractivity contribution < 1.29 is 0 Å². The summed E-state index contributed by atoms with van der Waals surface area (Å²) in [6, 6.07) is 10.7. The highest BCUT2D eigenvalue weighted by atomic mass is 79.9. The fraction of sp³-hybridized carbons (Fsp3) is 0.267. The Balaban J connectivity index is 1.93. The zero-order chi connectivity index (χ0) is 14.1. The molecule has 1 unspecified atom stereocenters. The van der Waals surface area contributed by atoms with Crippen molar-refractivity contribution in [2.24, 2.45) is 7.05 Å². The lowest BCUT2D eigenvalue weighted by molar-refractivity contribution is 0.567. The Morgan fingerprint density at radius 1 is 1.40 bits per heavy atom. The molecule has 2 aromatic heterocycles. The van der Waals surface area contributed by atoms with Crippen LogP contribution in [0.15, 0.2) is 39.5 Å². The SMILES string of the molecule is CNC(Cc1nc2ccccc2n1C)c1csc(Br)c1. The van der Waals surface area contributed by atoms with Gasteiger partial charge in [-0.1, -0.05) is 12.1 Å². The Morgan fingerprint density at radius 3 is 2.85 bits per heavy atom. The van der Waals surface area contributed by atoms with E-state index in [1.54, 1.807) is 11.3 Å². The Morgan fingerprint density at radius 2 is 2.20 bits per heavy atom. The summed E-state index contributed by atoms with van der Waals surface area (Å²) in [6.07, 6.45) is 0.880. The first-order valence-corrected chi connectivity index (χ1v) is 8.18. The van der Waals surface area contributed by atoms with Crippen LogP contribution in [0.1, 0.15) is 17.4 Å². The largest absolute Gasteiger partial charge is 0.331 e. The predicted molar refractivity (Wildman–Crippen MR) is 88.2 cm³/mol. The first-order chi connectivity index (χ1) is 9.69. The number of imidazole rings is 1. The molecule has 3 aromatic rings. The Bertz CT molecular complexity index is 732. The van der Waals surface area contributed by atoms with Gasteiger partial charge in [0.05, 0.1) is 14.8 Å². The van der Waals surface area contributed by atoms with Gasteiger partial charge in [-0.05, 0) is 52.1 Å². The smallest absolute Gasteiger partial charge is 0.111 e. The first-order valence-electron chi connectivity index (χ1n) is 6.50. The van der Waals surface area contributed by atoms with E-state index >= 15 is 0 Å². The number of hydrogen-bond donors (Lipinski definition) is 1. The molecule has 0 radical (unpaired) electrons. The van der Waals surface area contributed by atoms with E-state index in [1.165, 1.54) is 11.1 Å². The van der Waals surface area contributed by atoms with Gasteiger partial charge in [0.25, 0.3) is 0 Å². The summed E-state index contributed by atoms with van der Waals surface area (Å²) < 4.78 is 3.35. The van der Waals surface area contributed by atoms with E-state index < -0.39 is 0 Å². The number of likely N-dealkylation sites (N-methyl/N-ethyl adjacent to an activating group) is 1. The molecule has 5 heteroatoms. The molecular weight excluding hydrogens is 334 g/mol. The van der Waals surface area contributed by atoms with E-state index in [1.807, 2.05) is 13.1 Å². The summed E-state index contributed by atoms with van der Waals surface area (Å²) in [4.78, 5) is 4.75.